The molecule has 0 bridgehead atoms. The minimum atomic E-state index is -3.29. The zero-order valence-corrected chi connectivity index (χ0v) is 19.9. The van der Waals surface area contributed by atoms with E-state index < -0.39 is 9.84 Å². The molecular formula is C22H27N7O4S. The van der Waals surface area contributed by atoms with Crippen LogP contribution in [0.25, 0.3) is 5.69 Å². The summed E-state index contributed by atoms with van der Waals surface area (Å²) in [7, 11) is -1.49. The molecule has 1 fully saturated rings. The predicted octanol–water partition coefficient (Wildman–Crippen LogP) is 0.973. The summed E-state index contributed by atoms with van der Waals surface area (Å²) in [6, 6.07) is 14.1. The van der Waals surface area contributed by atoms with Gasteiger partial charge in [0.25, 0.3) is 0 Å². The molecule has 0 radical (unpaired) electrons. The fourth-order valence-corrected chi connectivity index (χ4v) is 4.29. The molecular weight excluding hydrogens is 458 g/mol. The molecule has 1 amide bonds. The summed E-state index contributed by atoms with van der Waals surface area (Å²) in [6.45, 7) is 3.63. The normalized spacial score (nSPS) is 14.4. The lowest BCUT2D eigenvalue weighted by Crippen LogP contribution is -2.36. The van der Waals surface area contributed by atoms with Crippen molar-refractivity contribution < 1.29 is 17.9 Å². The molecule has 180 valence electrons. The molecule has 1 saturated heterocycles. The van der Waals surface area contributed by atoms with Crippen LogP contribution in [0.3, 0.4) is 0 Å². The van der Waals surface area contributed by atoms with Crippen LogP contribution in [0.5, 0.6) is 0 Å². The molecule has 1 aromatic heterocycles. The minimum absolute atomic E-state index is 0.144. The lowest BCUT2D eigenvalue weighted by molar-refractivity contribution is -0.117. The van der Waals surface area contributed by atoms with Crippen molar-refractivity contribution in [3.63, 3.8) is 0 Å². The van der Waals surface area contributed by atoms with Gasteiger partial charge in [0.1, 0.15) is 0 Å². The number of morpholine rings is 1. The van der Waals surface area contributed by atoms with Crippen molar-refractivity contribution in [1.29, 1.82) is 0 Å². The third-order valence-corrected chi connectivity index (χ3v) is 6.52. The fraction of sp³-hybridized carbons (Fsp3) is 0.364. The Morgan fingerprint density at radius 1 is 1.06 bits per heavy atom. The van der Waals surface area contributed by atoms with Crippen molar-refractivity contribution in [3.05, 3.63) is 54.4 Å². The molecule has 2 aromatic carbocycles. The highest BCUT2D eigenvalue weighted by molar-refractivity contribution is 7.90. The number of nitrogens with zero attached hydrogens (tertiary/aromatic N) is 6. The van der Waals surface area contributed by atoms with Crippen LogP contribution in [0.1, 0.15) is 5.82 Å². The van der Waals surface area contributed by atoms with Crippen LogP contribution < -0.4 is 10.2 Å². The Kier molecular flexibility index (Phi) is 7.20. The fourth-order valence-electron chi connectivity index (χ4n) is 3.66. The Labute approximate surface area is 198 Å². The topological polar surface area (TPSA) is 123 Å². The summed E-state index contributed by atoms with van der Waals surface area (Å²) in [4.78, 5) is 16.8. The third kappa shape index (κ3) is 5.95. The second-order valence-electron chi connectivity index (χ2n) is 8.14. The van der Waals surface area contributed by atoms with E-state index in [1.165, 1.54) is 16.8 Å². The highest BCUT2D eigenvalue weighted by Gasteiger charge is 2.15. The van der Waals surface area contributed by atoms with Crippen molar-refractivity contribution >= 4 is 27.1 Å². The van der Waals surface area contributed by atoms with Crippen molar-refractivity contribution in [3.8, 4) is 5.69 Å². The molecule has 0 spiro atoms. The number of amides is 1. The van der Waals surface area contributed by atoms with Gasteiger partial charge in [0, 0.05) is 30.7 Å². The molecule has 3 aromatic rings. The Morgan fingerprint density at radius 3 is 2.35 bits per heavy atom. The quantitative estimate of drug-likeness (QED) is 0.497. The maximum atomic E-state index is 12.5. The first-order valence-corrected chi connectivity index (χ1v) is 12.7. The summed E-state index contributed by atoms with van der Waals surface area (Å²) in [6.07, 6.45) is 1.16. The number of nitrogens with one attached hydrogen (secondary N) is 1. The molecule has 1 aliphatic rings. The zero-order valence-electron chi connectivity index (χ0n) is 19.1. The third-order valence-electron chi connectivity index (χ3n) is 5.40. The van der Waals surface area contributed by atoms with E-state index in [9.17, 15) is 13.2 Å². The summed E-state index contributed by atoms with van der Waals surface area (Å²) < 4.78 is 30.2. The van der Waals surface area contributed by atoms with E-state index in [-0.39, 0.29) is 17.3 Å². The number of sulfone groups is 1. The first-order chi connectivity index (χ1) is 16.3. The van der Waals surface area contributed by atoms with Gasteiger partial charge in [-0.2, -0.15) is 4.68 Å². The van der Waals surface area contributed by atoms with Gasteiger partial charge >= 0.3 is 0 Å². The average molecular weight is 486 g/mol. The minimum Gasteiger partial charge on any atom is -0.378 e. The van der Waals surface area contributed by atoms with E-state index in [2.05, 4.69) is 25.7 Å². The molecule has 1 N–H and O–H groups in total. The van der Waals surface area contributed by atoms with Crippen LogP contribution >= 0.6 is 0 Å². The molecule has 11 nitrogen and oxygen atoms in total. The van der Waals surface area contributed by atoms with Gasteiger partial charge in [0.05, 0.1) is 36.9 Å². The first-order valence-electron chi connectivity index (χ1n) is 10.8. The summed E-state index contributed by atoms with van der Waals surface area (Å²) >= 11 is 0. The van der Waals surface area contributed by atoms with E-state index in [1.54, 1.807) is 24.1 Å². The standard InChI is InChI=1S/C22H27N7O4S/c1-27(15-21-24-25-26-29(21)19-7-9-20(10-8-19)34(2,31)32)16-22(30)23-17-3-5-18(6-4-17)28-11-13-33-14-12-28/h3-10H,11-16H2,1-2H3,(H,23,30). The zero-order chi connectivity index (χ0) is 24.1. The largest absolute Gasteiger partial charge is 0.378 e. The Hall–Kier alpha value is -3.35. The molecule has 0 saturated carbocycles. The lowest BCUT2D eigenvalue weighted by Gasteiger charge is -2.28. The number of tetrazole rings is 1. The molecule has 0 aliphatic carbocycles. The molecule has 4 rings (SSSR count). The van der Waals surface area contributed by atoms with Crippen LogP contribution in [-0.2, 0) is 25.9 Å². The Balaban J connectivity index is 1.33. The molecule has 0 atom stereocenters. The van der Waals surface area contributed by atoms with Gasteiger partial charge in [-0.3, -0.25) is 9.69 Å². The lowest BCUT2D eigenvalue weighted by atomic mass is 10.2. The van der Waals surface area contributed by atoms with Crippen molar-refractivity contribution in [2.24, 2.45) is 0 Å². The SMILES string of the molecule is CN(CC(=O)Nc1ccc(N2CCOCC2)cc1)Cc1nnnn1-c1ccc(S(C)(=O)=O)cc1. The number of carbonyl (C=O) groups excluding carboxylic acids is 1. The van der Waals surface area contributed by atoms with E-state index >= 15 is 0 Å². The van der Waals surface area contributed by atoms with Gasteiger partial charge in [-0.05, 0) is 66.0 Å². The van der Waals surface area contributed by atoms with Crippen LogP contribution in [0.2, 0.25) is 0 Å². The summed E-state index contributed by atoms with van der Waals surface area (Å²) in [5, 5.41) is 14.7. The highest BCUT2D eigenvalue weighted by atomic mass is 32.2. The molecule has 34 heavy (non-hydrogen) atoms. The second kappa shape index (κ2) is 10.3. The van der Waals surface area contributed by atoms with Crippen molar-refractivity contribution in [2.45, 2.75) is 11.4 Å². The molecule has 1 aliphatic heterocycles. The number of ether oxygens (including phenoxy) is 1. The van der Waals surface area contributed by atoms with Crippen LogP contribution in [0.15, 0.2) is 53.4 Å². The number of anilines is 2. The second-order valence-corrected chi connectivity index (χ2v) is 10.2. The Morgan fingerprint density at radius 2 is 1.71 bits per heavy atom. The molecule has 0 unspecified atom stereocenters. The highest BCUT2D eigenvalue weighted by Crippen LogP contribution is 2.19. The van der Waals surface area contributed by atoms with Crippen LogP contribution in [-0.4, -0.2) is 85.6 Å². The van der Waals surface area contributed by atoms with Gasteiger partial charge < -0.3 is 15.0 Å². The van der Waals surface area contributed by atoms with Gasteiger partial charge in [-0.1, -0.05) is 0 Å². The number of carbonyl (C=O) groups is 1. The number of rotatable bonds is 8. The summed E-state index contributed by atoms with van der Waals surface area (Å²) in [5.41, 5.74) is 2.46. The Bertz CT molecular complexity index is 1220. The van der Waals surface area contributed by atoms with Gasteiger partial charge in [-0.25, -0.2) is 8.42 Å². The van der Waals surface area contributed by atoms with E-state index in [0.29, 0.717) is 18.1 Å². The maximum Gasteiger partial charge on any atom is 0.238 e. The predicted molar refractivity (Wildman–Crippen MR) is 127 cm³/mol. The van der Waals surface area contributed by atoms with E-state index in [1.807, 2.05) is 24.3 Å². The van der Waals surface area contributed by atoms with Gasteiger partial charge in [0.2, 0.25) is 5.91 Å². The number of likely N-dealkylation sites (N-methyl/N-ethyl adjacent to an activating group) is 1. The number of benzene rings is 2. The number of hydrogen-bond donors (Lipinski definition) is 1. The number of aromatic nitrogens is 4. The van der Waals surface area contributed by atoms with E-state index in [0.717, 1.165) is 43.9 Å². The average Bonchev–Trinajstić information content (AvgIpc) is 3.27. The van der Waals surface area contributed by atoms with Crippen LogP contribution in [0, 0.1) is 0 Å². The van der Waals surface area contributed by atoms with Crippen molar-refractivity contribution in [1.82, 2.24) is 25.1 Å². The number of hydrogen-bond acceptors (Lipinski definition) is 9. The van der Waals surface area contributed by atoms with Gasteiger partial charge in [0.15, 0.2) is 15.7 Å². The van der Waals surface area contributed by atoms with E-state index in [4.69, 9.17) is 4.74 Å². The first kappa shape index (κ1) is 23.8. The molecule has 2 heterocycles. The molecule has 12 heteroatoms. The smallest absolute Gasteiger partial charge is 0.238 e. The van der Waals surface area contributed by atoms with Crippen LogP contribution in [0.4, 0.5) is 11.4 Å². The maximum absolute atomic E-state index is 12.5. The van der Waals surface area contributed by atoms with Crippen molar-refractivity contribution in [2.75, 3.05) is 56.4 Å². The monoisotopic (exact) mass is 485 g/mol. The summed E-state index contributed by atoms with van der Waals surface area (Å²) in [5.74, 6) is 0.371. The van der Waals surface area contributed by atoms with Gasteiger partial charge in [-0.15, -0.1) is 5.10 Å².